The molecule has 0 fully saturated rings. The molecule has 0 unspecified atom stereocenters. The molecule has 9 heteroatoms. The van der Waals surface area contributed by atoms with Crippen LogP contribution >= 0.6 is 0 Å². The lowest BCUT2D eigenvalue weighted by Crippen LogP contribution is -2.30. The topological polar surface area (TPSA) is 119 Å². The van der Waals surface area contributed by atoms with E-state index in [9.17, 15) is 19.7 Å². The lowest BCUT2D eigenvalue weighted by Gasteiger charge is -2.20. The average Bonchev–Trinajstić information content (AvgIpc) is 2.46. The molecule has 21 heavy (non-hydrogen) atoms. The maximum atomic E-state index is 11.5. The molecule has 0 spiro atoms. The number of carbonyl (C=O) groups is 2. The minimum atomic E-state index is -1.37. The van der Waals surface area contributed by atoms with Gasteiger partial charge in [-0.2, -0.15) is 0 Å². The molecule has 1 aromatic carbocycles. The van der Waals surface area contributed by atoms with Crippen molar-refractivity contribution < 1.29 is 29.1 Å². The van der Waals surface area contributed by atoms with Crippen molar-refractivity contribution in [3.63, 3.8) is 0 Å². The number of methoxy groups -OCH3 is 2. The van der Waals surface area contributed by atoms with Crippen LogP contribution in [0.5, 0.6) is 5.75 Å². The molecule has 0 aliphatic heterocycles. The fraction of sp³-hybridized carbons (Fsp3) is 0.333. The van der Waals surface area contributed by atoms with Crippen LogP contribution in [0.2, 0.25) is 0 Å². The number of benzene rings is 1. The number of carbonyl (C=O) groups excluding carboxylic acids is 1. The van der Waals surface area contributed by atoms with Gasteiger partial charge < -0.3 is 14.6 Å². The van der Waals surface area contributed by atoms with Crippen LogP contribution in [-0.2, 0) is 4.74 Å². The second-order valence-corrected chi connectivity index (χ2v) is 3.82. The molecule has 0 aromatic heterocycles. The Morgan fingerprint density at radius 2 is 2.00 bits per heavy atom. The molecule has 1 rings (SSSR count). The van der Waals surface area contributed by atoms with E-state index in [0.29, 0.717) is 0 Å². The molecule has 1 aromatic rings. The molecule has 0 aliphatic carbocycles. The number of carboxylic acid groups (broad SMARTS) is 1. The lowest BCUT2D eigenvalue weighted by atomic mass is 10.1. The van der Waals surface area contributed by atoms with Crippen LogP contribution in [0.1, 0.15) is 17.3 Å². The van der Waals surface area contributed by atoms with Crippen molar-refractivity contribution in [2.24, 2.45) is 0 Å². The smallest absolute Gasteiger partial charge is 0.412 e. The highest BCUT2D eigenvalue weighted by atomic mass is 16.6. The second kappa shape index (κ2) is 6.55. The highest BCUT2D eigenvalue weighted by Gasteiger charge is 2.29. The van der Waals surface area contributed by atoms with Gasteiger partial charge in [-0.05, 0) is 13.0 Å². The molecule has 9 nitrogen and oxygen atoms in total. The molecule has 114 valence electrons. The van der Waals surface area contributed by atoms with Gasteiger partial charge in [0.15, 0.2) is 11.4 Å². The quantitative estimate of drug-likeness (QED) is 0.500. The third kappa shape index (κ3) is 3.19. The first-order chi connectivity index (χ1) is 9.87. The number of hydrogen-bond acceptors (Lipinski definition) is 6. The molecule has 0 radical (unpaired) electrons. The van der Waals surface area contributed by atoms with E-state index >= 15 is 0 Å². The Bertz CT molecular complexity index is 585. The van der Waals surface area contributed by atoms with Crippen LogP contribution < -0.4 is 9.64 Å². The fourth-order valence-electron chi connectivity index (χ4n) is 1.78. The standard InChI is InChI=1S/C12H14N2O7/c1-4-13(12(16)17)10-8(14(18)19)5-7(11(15)21-3)6-9(10)20-2/h5-6H,4H2,1-3H3,(H,16,17). The number of nitro benzene ring substituents is 1. The minimum Gasteiger partial charge on any atom is -0.494 e. The van der Waals surface area contributed by atoms with Crippen LogP contribution in [0.3, 0.4) is 0 Å². The molecule has 0 bridgehead atoms. The molecule has 1 amide bonds. The first-order valence-electron chi connectivity index (χ1n) is 5.82. The highest BCUT2D eigenvalue weighted by Crippen LogP contribution is 2.39. The molecule has 1 N–H and O–H groups in total. The van der Waals surface area contributed by atoms with E-state index < -0.39 is 22.7 Å². The first kappa shape index (κ1) is 16.2. The Labute approximate surface area is 119 Å². The van der Waals surface area contributed by atoms with Gasteiger partial charge in [0.05, 0.1) is 24.7 Å². The minimum absolute atomic E-state index is 0.0237. The number of anilines is 1. The lowest BCUT2D eigenvalue weighted by molar-refractivity contribution is -0.384. The van der Waals surface area contributed by atoms with Crippen molar-refractivity contribution in [2.45, 2.75) is 6.92 Å². The normalized spacial score (nSPS) is 9.86. The Kier molecular flexibility index (Phi) is 5.06. The predicted octanol–water partition coefficient (Wildman–Crippen LogP) is 1.89. The molecular formula is C12H14N2O7. The molecule has 0 heterocycles. The van der Waals surface area contributed by atoms with Crippen LogP contribution in [0.25, 0.3) is 0 Å². The van der Waals surface area contributed by atoms with E-state index in [1.165, 1.54) is 20.1 Å². The van der Waals surface area contributed by atoms with Gasteiger partial charge in [-0.1, -0.05) is 0 Å². The summed E-state index contributed by atoms with van der Waals surface area (Å²) in [4.78, 5) is 33.9. The Morgan fingerprint density at radius 1 is 1.38 bits per heavy atom. The summed E-state index contributed by atoms with van der Waals surface area (Å²) in [6, 6.07) is 2.15. The van der Waals surface area contributed by atoms with Gasteiger partial charge in [-0.25, -0.2) is 9.59 Å². The van der Waals surface area contributed by atoms with Crippen molar-refractivity contribution in [2.75, 3.05) is 25.7 Å². The van der Waals surface area contributed by atoms with Crippen molar-refractivity contribution in [3.05, 3.63) is 27.8 Å². The Balaban J connectivity index is 3.64. The SMILES string of the molecule is CCN(C(=O)O)c1c(OC)cc(C(=O)OC)cc1[N+](=O)[O-]. The molecule has 0 atom stereocenters. The zero-order valence-corrected chi connectivity index (χ0v) is 11.7. The van der Waals surface area contributed by atoms with Crippen molar-refractivity contribution >= 4 is 23.4 Å². The first-order valence-corrected chi connectivity index (χ1v) is 5.82. The zero-order valence-electron chi connectivity index (χ0n) is 11.7. The summed E-state index contributed by atoms with van der Waals surface area (Å²) >= 11 is 0. The summed E-state index contributed by atoms with van der Waals surface area (Å²) in [6.07, 6.45) is -1.37. The van der Waals surface area contributed by atoms with Crippen molar-refractivity contribution in [1.29, 1.82) is 0 Å². The Hall–Kier alpha value is -2.84. The number of amides is 1. The predicted molar refractivity (Wildman–Crippen MR) is 72.0 cm³/mol. The number of hydrogen-bond donors (Lipinski definition) is 1. The van der Waals surface area contributed by atoms with Gasteiger partial charge in [-0.15, -0.1) is 0 Å². The molecular weight excluding hydrogens is 284 g/mol. The van der Waals surface area contributed by atoms with E-state index in [0.717, 1.165) is 18.1 Å². The summed E-state index contributed by atoms with van der Waals surface area (Å²) in [6.45, 7) is 1.50. The number of nitrogens with zero attached hydrogens (tertiary/aromatic N) is 2. The van der Waals surface area contributed by atoms with Crippen LogP contribution in [0.4, 0.5) is 16.2 Å². The van der Waals surface area contributed by atoms with Crippen molar-refractivity contribution in [1.82, 2.24) is 0 Å². The number of esters is 1. The fourth-order valence-corrected chi connectivity index (χ4v) is 1.78. The van der Waals surface area contributed by atoms with Gasteiger partial charge in [0, 0.05) is 12.6 Å². The summed E-state index contributed by atoms with van der Waals surface area (Å²) in [7, 11) is 2.35. The number of rotatable bonds is 5. The maximum Gasteiger partial charge on any atom is 0.412 e. The highest BCUT2D eigenvalue weighted by molar-refractivity contribution is 5.97. The number of ether oxygens (including phenoxy) is 2. The summed E-state index contributed by atoms with van der Waals surface area (Å²) in [5, 5.41) is 20.3. The van der Waals surface area contributed by atoms with Gasteiger partial charge in [0.2, 0.25) is 0 Å². The Morgan fingerprint density at radius 3 is 2.38 bits per heavy atom. The molecule has 0 saturated carbocycles. The van der Waals surface area contributed by atoms with Crippen LogP contribution in [0.15, 0.2) is 12.1 Å². The summed E-state index contributed by atoms with van der Waals surface area (Å²) < 4.78 is 9.48. The molecule has 0 saturated heterocycles. The van der Waals surface area contributed by atoms with E-state index in [1.54, 1.807) is 0 Å². The van der Waals surface area contributed by atoms with Crippen LogP contribution in [0, 0.1) is 10.1 Å². The van der Waals surface area contributed by atoms with Gasteiger partial charge in [0.25, 0.3) is 5.69 Å². The van der Waals surface area contributed by atoms with Gasteiger partial charge in [0.1, 0.15) is 0 Å². The van der Waals surface area contributed by atoms with E-state index in [4.69, 9.17) is 9.84 Å². The summed E-state index contributed by atoms with van der Waals surface area (Å²) in [5.74, 6) is -0.893. The van der Waals surface area contributed by atoms with Crippen LogP contribution in [-0.4, -0.2) is 42.9 Å². The van der Waals surface area contributed by atoms with Gasteiger partial charge in [-0.3, -0.25) is 15.0 Å². The average molecular weight is 298 g/mol. The second-order valence-electron chi connectivity index (χ2n) is 3.82. The monoisotopic (exact) mass is 298 g/mol. The van der Waals surface area contributed by atoms with E-state index in [-0.39, 0.29) is 23.5 Å². The zero-order chi connectivity index (χ0) is 16.2. The van der Waals surface area contributed by atoms with Gasteiger partial charge >= 0.3 is 12.1 Å². The largest absolute Gasteiger partial charge is 0.494 e. The third-order valence-corrected chi connectivity index (χ3v) is 2.71. The molecule has 0 aliphatic rings. The van der Waals surface area contributed by atoms with E-state index in [1.807, 2.05) is 0 Å². The van der Waals surface area contributed by atoms with Crippen molar-refractivity contribution in [3.8, 4) is 5.75 Å². The summed E-state index contributed by atoms with van der Waals surface area (Å²) in [5.41, 5.74) is -0.893. The third-order valence-electron chi connectivity index (χ3n) is 2.71. The maximum absolute atomic E-state index is 11.5. The number of nitro groups is 1. The van der Waals surface area contributed by atoms with E-state index in [2.05, 4.69) is 4.74 Å².